The van der Waals surface area contributed by atoms with Crippen molar-refractivity contribution in [1.29, 1.82) is 0 Å². The van der Waals surface area contributed by atoms with E-state index >= 15 is 0 Å². The van der Waals surface area contributed by atoms with Crippen LogP contribution in [0.5, 0.6) is 0 Å². The lowest BCUT2D eigenvalue weighted by atomic mass is 10.1. The molecule has 2 fully saturated rings. The van der Waals surface area contributed by atoms with E-state index in [0.29, 0.717) is 6.04 Å². The Balaban J connectivity index is 0.00000210. The average molecular weight is 410 g/mol. The van der Waals surface area contributed by atoms with E-state index < -0.39 is 0 Å². The topological polar surface area (TPSA) is 50.1 Å². The minimum Gasteiger partial charge on any atom is -1.00 e. The van der Waals surface area contributed by atoms with Crippen LogP contribution >= 0.6 is 11.3 Å². The molecule has 150 valence electrons. The highest BCUT2D eigenvalue weighted by Crippen LogP contribution is 2.29. The lowest BCUT2D eigenvalue weighted by Gasteiger charge is -2.41. The predicted molar refractivity (Wildman–Crippen MR) is 104 cm³/mol. The Kier molecular flexibility index (Phi) is 7.64. The van der Waals surface area contributed by atoms with Gasteiger partial charge in [-0.3, -0.25) is 9.80 Å². The maximum Gasteiger partial charge on any atom is 0.168 e. The van der Waals surface area contributed by atoms with Gasteiger partial charge >= 0.3 is 0 Å². The summed E-state index contributed by atoms with van der Waals surface area (Å²) in [5, 5.41) is 14.9. The molecule has 27 heavy (non-hydrogen) atoms. The Hall–Kier alpha value is -1.02. The fourth-order valence-corrected chi connectivity index (χ4v) is 5.23. The van der Waals surface area contributed by atoms with Crippen molar-refractivity contribution in [3.8, 4) is 0 Å². The van der Waals surface area contributed by atoms with Gasteiger partial charge in [0.05, 0.1) is 12.6 Å². The molecule has 0 radical (unpaired) electrons. The molecule has 1 unspecified atom stereocenters. The summed E-state index contributed by atoms with van der Waals surface area (Å²) < 4.78 is 2.01. The van der Waals surface area contributed by atoms with E-state index in [1.165, 1.54) is 43.6 Å². The number of hydrogen-bond acceptors (Lipinski definition) is 6. The maximum absolute atomic E-state index is 4.44. The van der Waals surface area contributed by atoms with E-state index in [1.54, 1.807) is 11.3 Å². The molecule has 0 spiro atoms. The van der Waals surface area contributed by atoms with E-state index in [1.807, 2.05) is 4.68 Å². The molecule has 1 aliphatic carbocycles. The smallest absolute Gasteiger partial charge is 0.168 e. The van der Waals surface area contributed by atoms with Crippen LogP contribution in [0.25, 0.3) is 0 Å². The molecule has 8 heteroatoms. The van der Waals surface area contributed by atoms with E-state index in [4.69, 9.17) is 0 Å². The largest absolute Gasteiger partial charge is 1.00 e. The summed E-state index contributed by atoms with van der Waals surface area (Å²) in [5.41, 5.74) is 0. The van der Waals surface area contributed by atoms with Crippen LogP contribution in [0, 0.1) is 0 Å². The van der Waals surface area contributed by atoms with Crippen LogP contribution in [0.15, 0.2) is 17.5 Å². The number of halogens is 1. The van der Waals surface area contributed by atoms with Crippen molar-refractivity contribution in [1.82, 2.24) is 30.0 Å². The van der Waals surface area contributed by atoms with E-state index in [2.05, 4.69) is 49.8 Å². The Morgan fingerprint density at radius 1 is 1.19 bits per heavy atom. The number of aromatic nitrogens is 4. The molecular formula is C19H30ClN6S-. The van der Waals surface area contributed by atoms with Gasteiger partial charge in [-0.15, -0.1) is 16.4 Å². The van der Waals surface area contributed by atoms with Gasteiger partial charge in [0.1, 0.15) is 0 Å². The van der Waals surface area contributed by atoms with E-state index in [9.17, 15) is 0 Å². The minimum absolute atomic E-state index is 0. The first-order valence-electron chi connectivity index (χ1n) is 10.1. The van der Waals surface area contributed by atoms with Crippen LogP contribution < -0.4 is 12.4 Å². The van der Waals surface area contributed by atoms with E-state index in [0.717, 1.165) is 44.3 Å². The van der Waals surface area contributed by atoms with E-state index in [-0.39, 0.29) is 12.4 Å². The Labute approximate surface area is 172 Å². The Morgan fingerprint density at radius 3 is 2.63 bits per heavy atom. The molecule has 2 aromatic heterocycles. The highest BCUT2D eigenvalue weighted by molar-refractivity contribution is 7.09. The lowest BCUT2D eigenvalue weighted by molar-refractivity contribution is -0.00000558. The highest BCUT2D eigenvalue weighted by atomic mass is 35.5. The zero-order chi connectivity index (χ0) is 17.8. The van der Waals surface area contributed by atoms with Gasteiger partial charge in [-0.2, -0.15) is 0 Å². The average Bonchev–Trinajstić information content (AvgIpc) is 3.43. The van der Waals surface area contributed by atoms with Crippen LogP contribution in [0.1, 0.15) is 62.2 Å². The van der Waals surface area contributed by atoms with Crippen LogP contribution in [-0.2, 0) is 6.54 Å². The molecule has 1 saturated carbocycles. The van der Waals surface area contributed by atoms with Crippen molar-refractivity contribution in [2.45, 2.75) is 64.1 Å². The van der Waals surface area contributed by atoms with Gasteiger partial charge in [-0.1, -0.05) is 32.3 Å². The summed E-state index contributed by atoms with van der Waals surface area (Å²) in [7, 11) is 0. The molecule has 0 amide bonds. The molecule has 4 rings (SSSR count). The molecular weight excluding hydrogens is 380 g/mol. The Morgan fingerprint density at radius 2 is 1.96 bits per heavy atom. The summed E-state index contributed by atoms with van der Waals surface area (Å²) >= 11 is 1.77. The first kappa shape index (κ1) is 20.7. The quantitative estimate of drug-likeness (QED) is 0.653. The molecule has 0 aromatic carbocycles. The van der Waals surface area contributed by atoms with Crippen molar-refractivity contribution in [3.05, 3.63) is 28.2 Å². The SMILES string of the molecule is CCCC(c1nnnn1Cc1cccs1)N1CCN(C2CCCC2)CC1.[Cl-]. The van der Waals surface area contributed by atoms with Crippen molar-refractivity contribution in [2.24, 2.45) is 0 Å². The molecule has 3 heterocycles. The standard InChI is InChI=1S/C19H30N6S.ClH/c1-2-6-18(19-20-21-22-25(19)15-17-9-5-14-26-17)24-12-10-23(11-13-24)16-7-3-4-8-16;/h5,9,14,16,18H,2-4,6-8,10-13,15H2,1H3;1H/p-1. The normalized spacial score (nSPS) is 20.6. The van der Waals surface area contributed by atoms with Gasteiger partial charge in [0, 0.05) is 37.1 Å². The third kappa shape index (κ3) is 4.88. The third-order valence-corrected chi connectivity index (χ3v) is 6.80. The van der Waals surface area contributed by atoms with Gasteiger partial charge in [0.25, 0.3) is 0 Å². The zero-order valence-electron chi connectivity index (χ0n) is 16.1. The second-order valence-corrected chi connectivity index (χ2v) is 8.62. The first-order valence-corrected chi connectivity index (χ1v) is 11.0. The number of hydrogen-bond donors (Lipinski definition) is 0. The van der Waals surface area contributed by atoms with Gasteiger partial charge in [-0.05, 0) is 41.1 Å². The molecule has 1 atom stereocenters. The predicted octanol–water partition coefficient (Wildman–Crippen LogP) is 0.188. The highest BCUT2D eigenvalue weighted by Gasteiger charge is 2.31. The maximum atomic E-state index is 4.44. The van der Waals surface area contributed by atoms with Crippen molar-refractivity contribution in [3.63, 3.8) is 0 Å². The molecule has 2 aromatic rings. The number of tetrazole rings is 1. The van der Waals surface area contributed by atoms with Crippen LogP contribution in [0.4, 0.5) is 0 Å². The fourth-order valence-electron chi connectivity index (χ4n) is 4.55. The van der Waals surface area contributed by atoms with Gasteiger partial charge in [-0.25, -0.2) is 4.68 Å². The monoisotopic (exact) mass is 409 g/mol. The Bertz CT molecular complexity index is 662. The minimum atomic E-state index is 0. The summed E-state index contributed by atoms with van der Waals surface area (Å²) in [4.78, 5) is 6.65. The van der Waals surface area contributed by atoms with Crippen molar-refractivity contribution < 1.29 is 12.4 Å². The van der Waals surface area contributed by atoms with Crippen LogP contribution in [0.2, 0.25) is 0 Å². The van der Waals surface area contributed by atoms with Crippen LogP contribution in [0.3, 0.4) is 0 Å². The summed E-state index contributed by atoms with van der Waals surface area (Å²) in [6.45, 7) is 7.69. The third-order valence-electron chi connectivity index (χ3n) is 5.94. The fraction of sp³-hybridized carbons (Fsp3) is 0.737. The number of piperazine rings is 1. The van der Waals surface area contributed by atoms with Crippen molar-refractivity contribution in [2.75, 3.05) is 26.2 Å². The first-order chi connectivity index (χ1) is 12.8. The number of rotatable bonds is 7. The molecule has 2 aliphatic rings. The summed E-state index contributed by atoms with van der Waals surface area (Å²) in [6.07, 6.45) is 7.91. The van der Waals surface area contributed by atoms with Crippen molar-refractivity contribution >= 4 is 11.3 Å². The molecule has 0 N–H and O–H groups in total. The number of thiophene rings is 1. The lowest BCUT2D eigenvalue weighted by Crippen LogP contribution is -3.00. The second-order valence-electron chi connectivity index (χ2n) is 7.59. The summed E-state index contributed by atoms with van der Waals surface area (Å²) in [5.74, 6) is 1.04. The van der Waals surface area contributed by atoms with Gasteiger partial charge in [0.2, 0.25) is 0 Å². The zero-order valence-corrected chi connectivity index (χ0v) is 17.7. The molecule has 6 nitrogen and oxygen atoms in total. The van der Waals surface area contributed by atoms with Gasteiger partial charge in [0.15, 0.2) is 5.82 Å². The summed E-state index contributed by atoms with van der Waals surface area (Å²) in [6, 6.07) is 5.42. The molecule has 0 bridgehead atoms. The van der Waals surface area contributed by atoms with Crippen LogP contribution in [-0.4, -0.2) is 62.2 Å². The second kappa shape index (κ2) is 9.96. The molecule has 1 aliphatic heterocycles. The number of nitrogens with zero attached hydrogens (tertiary/aromatic N) is 6. The van der Waals surface area contributed by atoms with Gasteiger partial charge < -0.3 is 12.4 Å². The molecule has 1 saturated heterocycles.